The minimum atomic E-state index is -4.59. The van der Waals surface area contributed by atoms with E-state index in [2.05, 4.69) is 4.98 Å². The van der Waals surface area contributed by atoms with Gasteiger partial charge in [0.25, 0.3) is 0 Å². The molecular formula is C16H18F3N3O. The number of fused-ring (bicyclic) bond motifs is 1. The van der Waals surface area contributed by atoms with Crippen LogP contribution in [0.3, 0.4) is 0 Å². The average molecular weight is 325 g/mol. The molecular weight excluding hydrogens is 307 g/mol. The highest BCUT2D eigenvalue weighted by Crippen LogP contribution is 2.31. The highest BCUT2D eigenvalue weighted by molar-refractivity contribution is 5.81. The van der Waals surface area contributed by atoms with E-state index in [0.717, 1.165) is 30.3 Å². The number of carbonyl (C=O) groups is 1. The van der Waals surface area contributed by atoms with Crippen LogP contribution >= 0.6 is 0 Å². The number of likely N-dealkylation sites (tertiary alicyclic amines) is 1. The summed E-state index contributed by atoms with van der Waals surface area (Å²) in [6, 6.07) is 6.37. The number of nitrogens with zero attached hydrogens (tertiary/aromatic N) is 3. The van der Waals surface area contributed by atoms with Gasteiger partial charge in [0.1, 0.15) is 6.54 Å². The van der Waals surface area contributed by atoms with Gasteiger partial charge in [-0.1, -0.05) is 25.0 Å². The molecule has 1 saturated heterocycles. The number of hydrogen-bond acceptors (Lipinski definition) is 2. The molecule has 1 aliphatic rings. The molecule has 0 radical (unpaired) electrons. The Morgan fingerprint density at radius 2 is 1.74 bits per heavy atom. The predicted molar refractivity (Wildman–Crippen MR) is 79.8 cm³/mol. The van der Waals surface area contributed by atoms with Crippen molar-refractivity contribution in [3.63, 3.8) is 0 Å². The van der Waals surface area contributed by atoms with E-state index in [1.165, 1.54) is 6.07 Å². The lowest BCUT2D eigenvalue weighted by molar-refractivity contribution is -0.148. The van der Waals surface area contributed by atoms with Crippen molar-refractivity contribution < 1.29 is 18.0 Å². The summed E-state index contributed by atoms with van der Waals surface area (Å²) in [5.41, 5.74) is 0.589. The molecule has 7 heteroatoms. The Balaban J connectivity index is 1.93. The first-order valence-corrected chi connectivity index (χ1v) is 7.77. The summed E-state index contributed by atoms with van der Waals surface area (Å²) in [5, 5.41) is 0. The van der Waals surface area contributed by atoms with Crippen LogP contribution in [0.4, 0.5) is 13.2 Å². The predicted octanol–water partition coefficient (Wildman–Crippen LogP) is 3.46. The number of hydrogen-bond donors (Lipinski definition) is 0. The van der Waals surface area contributed by atoms with Crippen LogP contribution in [0.25, 0.3) is 11.0 Å². The second-order valence-electron chi connectivity index (χ2n) is 5.80. The molecule has 23 heavy (non-hydrogen) atoms. The monoisotopic (exact) mass is 325 g/mol. The Hall–Kier alpha value is -2.05. The lowest BCUT2D eigenvalue weighted by Gasteiger charge is -2.21. The molecule has 0 bridgehead atoms. The average Bonchev–Trinajstić information content (AvgIpc) is 2.70. The van der Waals surface area contributed by atoms with Gasteiger partial charge in [0.2, 0.25) is 11.7 Å². The fraction of sp³-hybridized carbons (Fsp3) is 0.500. The minimum Gasteiger partial charge on any atom is -0.341 e. The van der Waals surface area contributed by atoms with Crippen LogP contribution in [0.2, 0.25) is 0 Å². The Kier molecular flexibility index (Phi) is 4.28. The summed E-state index contributed by atoms with van der Waals surface area (Å²) >= 11 is 0. The van der Waals surface area contributed by atoms with E-state index in [9.17, 15) is 18.0 Å². The SMILES string of the molecule is O=C(Cn1c(C(F)(F)F)nc2ccccc21)N1CCCCCC1. The number of amides is 1. The van der Waals surface area contributed by atoms with E-state index in [1.807, 2.05) is 0 Å². The molecule has 1 fully saturated rings. The summed E-state index contributed by atoms with van der Waals surface area (Å²) in [7, 11) is 0. The van der Waals surface area contributed by atoms with E-state index < -0.39 is 12.0 Å². The van der Waals surface area contributed by atoms with Crippen LogP contribution in [0.5, 0.6) is 0 Å². The van der Waals surface area contributed by atoms with Crippen molar-refractivity contribution in [3.05, 3.63) is 30.1 Å². The number of imidazole rings is 1. The van der Waals surface area contributed by atoms with Gasteiger partial charge in [-0.05, 0) is 25.0 Å². The second kappa shape index (κ2) is 6.22. The van der Waals surface area contributed by atoms with Gasteiger partial charge in [-0.15, -0.1) is 0 Å². The van der Waals surface area contributed by atoms with E-state index in [4.69, 9.17) is 0 Å². The van der Waals surface area contributed by atoms with Crippen LogP contribution in [0.1, 0.15) is 31.5 Å². The number of para-hydroxylation sites is 2. The topological polar surface area (TPSA) is 38.1 Å². The van der Waals surface area contributed by atoms with Gasteiger partial charge in [-0.2, -0.15) is 13.2 Å². The number of benzene rings is 1. The molecule has 2 heterocycles. The third-order valence-corrected chi connectivity index (χ3v) is 4.16. The first kappa shape index (κ1) is 15.8. The van der Waals surface area contributed by atoms with E-state index >= 15 is 0 Å². The highest BCUT2D eigenvalue weighted by atomic mass is 19.4. The van der Waals surface area contributed by atoms with Gasteiger partial charge in [-0.25, -0.2) is 4.98 Å². The molecule has 1 aromatic carbocycles. The lowest BCUT2D eigenvalue weighted by Crippen LogP contribution is -2.35. The number of rotatable bonds is 2. The number of aromatic nitrogens is 2. The number of alkyl halides is 3. The van der Waals surface area contributed by atoms with Crippen LogP contribution < -0.4 is 0 Å². The van der Waals surface area contributed by atoms with Crippen molar-refractivity contribution in [2.75, 3.05) is 13.1 Å². The summed E-state index contributed by atoms with van der Waals surface area (Å²) < 4.78 is 40.7. The molecule has 0 saturated carbocycles. The summed E-state index contributed by atoms with van der Waals surface area (Å²) in [6.07, 6.45) is -0.652. The fourth-order valence-corrected chi connectivity index (χ4v) is 3.01. The summed E-state index contributed by atoms with van der Waals surface area (Å²) in [5.74, 6) is -1.29. The lowest BCUT2D eigenvalue weighted by atomic mass is 10.2. The highest BCUT2D eigenvalue weighted by Gasteiger charge is 2.38. The Morgan fingerprint density at radius 3 is 2.39 bits per heavy atom. The van der Waals surface area contributed by atoms with Gasteiger partial charge in [-0.3, -0.25) is 4.79 Å². The molecule has 1 amide bonds. The van der Waals surface area contributed by atoms with E-state index in [1.54, 1.807) is 23.1 Å². The van der Waals surface area contributed by atoms with E-state index in [0.29, 0.717) is 18.6 Å². The summed E-state index contributed by atoms with van der Waals surface area (Å²) in [4.78, 5) is 17.8. The molecule has 0 unspecified atom stereocenters. The van der Waals surface area contributed by atoms with Crippen molar-refractivity contribution in [2.24, 2.45) is 0 Å². The van der Waals surface area contributed by atoms with Crippen LogP contribution in [-0.4, -0.2) is 33.4 Å². The molecule has 3 rings (SSSR count). The Bertz CT molecular complexity index is 700. The number of carbonyl (C=O) groups excluding carboxylic acids is 1. The molecule has 2 aromatic rings. The molecule has 0 aliphatic carbocycles. The van der Waals surface area contributed by atoms with E-state index in [-0.39, 0.29) is 18.0 Å². The van der Waals surface area contributed by atoms with Crippen molar-refractivity contribution in [3.8, 4) is 0 Å². The third kappa shape index (κ3) is 3.33. The second-order valence-corrected chi connectivity index (χ2v) is 5.80. The quantitative estimate of drug-likeness (QED) is 0.848. The zero-order valence-corrected chi connectivity index (χ0v) is 12.6. The molecule has 1 aromatic heterocycles. The van der Waals surface area contributed by atoms with Crippen molar-refractivity contribution >= 4 is 16.9 Å². The van der Waals surface area contributed by atoms with Crippen LogP contribution in [-0.2, 0) is 17.5 Å². The summed E-state index contributed by atoms with van der Waals surface area (Å²) in [6.45, 7) is 0.912. The molecule has 0 N–H and O–H groups in total. The van der Waals surface area contributed by atoms with Gasteiger partial charge in [0, 0.05) is 13.1 Å². The molecule has 124 valence electrons. The molecule has 0 atom stereocenters. The molecule has 4 nitrogen and oxygen atoms in total. The first-order chi connectivity index (χ1) is 11.0. The third-order valence-electron chi connectivity index (χ3n) is 4.16. The minimum absolute atomic E-state index is 0.253. The number of halogens is 3. The van der Waals surface area contributed by atoms with Crippen LogP contribution in [0.15, 0.2) is 24.3 Å². The van der Waals surface area contributed by atoms with Crippen LogP contribution in [0, 0.1) is 0 Å². The zero-order chi connectivity index (χ0) is 16.4. The van der Waals surface area contributed by atoms with Gasteiger partial charge >= 0.3 is 6.18 Å². The maximum Gasteiger partial charge on any atom is 0.449 e. The van der Waals surface area contributed by atoms with Gasteiger partial charge < -0.3 is 9.47 Å². The van der Waals surface area contributed by atoms with Gasteiger partial charge in [0.05, 0.1) is 11.0 Å². The zero-order valence-electron chi connectivity index (χ0n) is 12.6. The Morgan fingerprint density at radius 1 is 1.09 bits per heavy atom. The molecule has 1 aliphatic heterocycles. The van der Waals surface area contributed by atoms with Crippen molar-refractivity contribution in [2.45, 2.75) is 38.4 Å². The maximum atomic E-state index is 13.2. The largest absolute Gasteiger partial charge is 0.449 e. The van der Waals surface area contributed by atoms with Gasteiger partial charge in [0.15, 0.2) is 0 Å². The smallest absolute Gasteiger partial charge is 0.341 e. The molecule has 0 spiro atoms. The van der Waals surface area contributed by atoms with Crippen molar-refractivity contribution in [1.29, 1.82) is 0 Å². The van der Waals surface area contributed by atoms with Crippen molar-refractivity contribution in [1.82, 2.24) is 14.5 Å². The first-order valence-electron chi connectivity index (χ1n) is 7.77. The fourth-order valence-electron chi connectivity index (χ4n) is 3.01. The Labute approximate surface area is 131 Å². The maximum absolute atomic E-state index is 13.2. The normalized spacial score (nSPS) is 16.6. The standard InChI is InChI=1S/C16H18F3N3O/c17-16(18,19)15-20-12-7-3-4-8-13(12)22(15)11-14(23)21-9-5-1-2-6-10-21/h3-4,7-8H,1-2,5-6,9-11H2.